The molecule has 8 heteroatoms. The van der Waals surface area contributed by atoms with Gasteiger partial charge in [0.15, 0.2) is 0 Å². The minimum Gasteiger partial charge on any atom is -0.494 e. The molecule has 29 heavy (non-hydrogen) atoms. The highest BCUT2D eigenvalue weighted by Crippen LogP contribution is 2.35. The normalized spacial score (nSPS) is 10.8. The highest BCUT2D eigenvalue weighted by molar-refractivity contribution is 7.12. The van der Waals surface area contributed by atoms with E-state index in [-0.39, 0.29) is 27.8 Å². The molecule has 4 aromatic rings. The molecule has 0 aliphatic rings. The quantitative estimate of drug-likeness (QED) is 0.448. The molecule has 2 amide bonds. The molecule has 0 saturated carbocycles. The van der Waals surface area contributed by atoms with Crippen molar-refractivity contribution >= 4 is 45.6 Å². The van der Waals surface area contributed by atoms with Gasteiger partial charge in [0.25, 0.3) is 5.91 Å². The van der Waals surface area contributed by atoms with Gasteiger partial charge in [-0.25, -0.2) is 9.36 Å². The number of hydrogen-bond donors (Lipinski definition) is 3. The lowest BCUT2D eigenvalue weighted by Crippen LogP contribution is -2.20. The summed E-state index contributed by atoms with van der Waals surface area (Å²) in [4.78, 5) is 38.4. The van der Waals surface area contributed by atoms with Crippen LogP contribution in [0.25, 0.3) is 10.9 Å². The maximum atomic E-state index is 12.9. The summed E-state index contributed by atoms with van der Waals surface area (Å²) in [6, 6.07) is 15.7. The lowest BCUT2D eigenvalue weighted by atomic mass is 10.0. The number of carbonyl (C=O) groups is 3. The maximum absolute atomic E-state index is 12.9. The molecule has 0 atom stereocenters. The smallest absolute Gasteiger partial charge is 0.326 e. The Hall–Kier alpha value is -3.91. The Morgan fingerprint density at radius 2 is 1.72 bits per heavy atom. The number of aromatic nitrogens is 1. The molecule has 144 valence electrons. The van der Waals surface area contributed by atoms with Gasteiger partial charge in [-0.15, -0.1) is 11.3 Å². The average Bonchev–Trinajstić information content (AvgIpc) is 3.33. The van der Waals surface area contributed by atoms with Crippen molar-refractivity contribution in [3.8, 4) is 5.88 Å². The summed E-state index contributed by atoms with van der Waals surface area (Å²) in [5.74, 6) is -1.58. The standard InChI is InChI=1S/C21H15N3O4S/c22-21(28)24-17-13(8-4-9-14(17)18(25)15-10-5-11-29-15)16(20(24)27)19(26)23-12-6-2-1-3-7-12/h1-11,27H,(H2,22,28)(H,23,26). The summed E-state index contributed by atoms with van der Waals surface area (Å²) < 4.78 is 0.788. The second-order valence-electron chi connectivity index (χ2n) is 6.20. The summed E-state index contributed by atoms with van der Waals surface area (Å²) in [5.41, 5.74) is 6.10. The summed E-state index contributed by atoms with van der Waals surface area (Å²) in [7, 11) is 0. The van der Waals surface area contributed by atoms with Crippen LogP contribution in [0.5, 0.6) is 5.88 Å². The SMILES string of the molecule is NC(=O)n1c(O)c(C(=O)Nc2ccccc2)c2cccc(C(=O)c3cccs3)c21. The van der Waals surface area contributed by atoms with Crippen molar-refractivity contribution < 1.29 is 19.5 Å². The number of thiophene rings is 1. The van der Waals surface area contributed by atoms with Gasteiger partial charge in [-0.05, 0) is 29.6 Å². The van der Waals surface area contributed by atoms with Gasteiger partial charge in [0, 0.05) is 16.6 Å². The molecule has 2 aromatic carbocycles. The van der Waals surface area contributed by atoms with Crippen LogP contribution in [0.1, 0.15) is 25.6 Å². The van der Waals surface area contributed by atoms with Gasteiger partial charge in [-0.3, -0.25) is 9.59 Å². The van der Waals surface area contributed by atoms with Gasteiger partial charge >= 0.3 is 6.03 Å². The molecular weight excluding hydrogens is 390 g/mol. The van der Waals surface area contributed by atoms with Crippen molar-refractivity contribution in [1.29, 1.82) is 0 Å². The lowest BCUT2D eigenvalue weighted by Gasteiger charge is -2.05. The summed E-state index contributed by atoms with van der Waals surface area (Å²) in [6.45, 7) is 0. The Labute approximate surface area is 169 Å². The molecule has 4 N–H and O–H groups in total. The molecule has 0 aliphatic heterocycles. The molecule has 0 spiro atoms. The van der Waals surface area contributed by atoms with Crippen molar-refractivity contribution in [3.05, 3.63) is 82.0 Å². The first kappa shape index (κ1) is 18.5. The van der Waals surface area contributed by atoms with E-state index in [2.05, 4.69) is 5.32 Å². The first-order valence-electron chi connectivity index (χ1n) is 8.60. The van der Waals surface area contributed by atoms with E-state index in [1.54, 1.807) is 60.0 Å². The number of para-hydroxylation sites is 2. The van der Waals surface area contributed by atoms with Crippen LogP contribution >= 0.6 is 11.3 Å². The number of hydrogen-bond acceptors (Lipinski definition) is 5. The average molecular weight is 405 g/mol. The van der Waals surface area contributed by atoms with Crippen LogP contribution in [0, 0.1) is 0 Å². The second kappa shape index (κ2) is 7.25. The van der Waals surface area contributed by atoms with E-state index < -0.39 is 17.8 Å². The van der Waals surface area contributed by atoms with E-state index in [1.807, 2.05) is 0 Å². The fraction of sp³-hybridized carbons (Fsp3) is 0. The number of ketones is 1. The topological polar surface area (TPSA) is 114 Å². The third kappa shape index (κ3) is 3.15. The van der Waals surface area contributed by atoms with E-state index in [0.717, 1.165) is 4.57 Å². The van der Waals surface area contributed by atoms with Crippen molar-refractivity contribution in [2.75, 3.05) is 5.32 Å². The van der Waals surface area contributed by atoms with Gasteiger partial charge in [-0.2, -0.15) is 0 Å². The third-order valence-electron chi connectivity index (χ3n) is 4.43. The van der Waals surface area contributed by atoms with Crippen molar-refractivity contribution in [2.24, 2.45) is 5.73 Å². The largest absolute Gasteiger partial charge is 0.494 e. The van der Waals surface area contributed by atoms with Gasteiger partial charge in [0.1, 0.15) is 5.56 Å². The highest BCUT2D eigenvalue weighted by atomic mass is 32.1. The summed E-state index contributed by atoms with van der Waals surface area (Å²) in [6.07, 6.45) is 0. The molecule has 0 aliphatic carbocycles. The van der Waals surface area contributed by atoms with Gasteiger partial charge < -0.3 is 16.2 Å². The van der Waals surface area contributed by atoms with Crippen molar-refractivity contribution in [1.82, 2.24) is 4.57 Å². The number of anilines is 1. The van der Waals surface area contributed by atoms with Crippen molar-refractivity contribution in [2.45, 2.75) is 0 Å². The molecule has 4 rings (SSSR count). The molecule has 2 aromatic heterocycles. The fourth-order valence-electron chi connectivity index (χ4n) is 3.20. The van der Waals surface area contributed by atoms with E-state index in [0.29, 0.717) is 10.6 Å². The molecule has 0 radical (unpaired) electrons. The maximum Gasteiger partial charge on any atom is 0.326 e. The zero-order chi connectivity index (χ0) is 20.5. The Kier molecular flexibility index (Phi) is 4.61. The number of fused-ring (bicyclic) bond motifs is 1. The predicted octanol–water partition coefficient (Wildman–Crippen LogP) is 3.82. The molecule has 0 saturated heterocycles. The van der Waals surface area contributed by atoms with Crippen LogP contribution in [0.15, 0.2) is 66.0 Å². The summed E-state index contributed by atoms with van der Waals surface area (Å²) >= 11 is 1.25. The van der Waals surface area contributed by atoms with Crippen molar-refractivity contribution in [3.63, 3.8) is 0 Å². The van der Waals surface area contributed by atoms with E-state index in [4.69, 9.17) is 5.73 Å². The number of aromatic hydroxyl groups is 1. The number of rotatable bonds is 4. The van der Waals surface area contributed by atoms with Crippen LogP contribution in [0.4, 0.5) is 10.5 Å². The molecule has 2 heterocycles. The molecule has 0 unspecified atom stereocenters. The number of nitrogens with two attached hydrogens (primary N) is 1. The monoisotopic (exact) mass is 405 g/mol. The van der Waals surface area contributed by atoms with Gasteiger partial charge in [0.05, 0.1) is 10.4 Å². The van der Waals surface area contributed by atoms with E-state index >= 15 is 0 Å². The van der Waals surface area contributed by atoms with E-state index in [9.17, 15) is 19.5 Å². The number of benzene rings is 2. The fourth-order valence-corrected chi connectivity index (χ4v) is 3.88. The number of nitrogens with one attached hydrogen (secondary N) is 1. The minimum absolute atomic E-state index is 0.0918. The second-order valence-corrected chi connectivity index (χ2v) is 7.15. The van der Waals surface area contributed by atoms with Crippen LogP contribution in [0.2, 0.25) is 0 Å². The summed E-state index contributed by atoms with van der Waals surface area (Å²) in [5, 5.41) is 15.3. The van der Waals surface area contributed by atoms with Crippen LogP contribution < -0.4 is 11.1 Å². The number of carbonyl (C=O) groups excluding carboxylic acids is 3. The zero-order valence-electron chi connectivity index (χ0n) is 15.0. The zero-order valence-corrected chi connectivity index (χ0v) is 15.8. The lowest BCUT2D eigenvalue weighted by molar-refractivity contribution is 0.102. The molecule has 0 bridgehead atoms. The molecule has 7 nitrogen and oxygen atoms in total. The first-order chi connectivity index (χ1) is 14.0. The Balaban J connectivity index is 1.92. The number of nitrogens with zero attached hydrogens (tertiary/aromatic N) is 1. The first-order valence-corrected chi connectivity index (χ1v) is 9.47. The Bertz CT molecular complexity index is 1240. The van der Waals surface area contributed by atoms with E-state index in [1.165, 1.54) is 17.4 Å². The van der Waals surface area contributed by atoms with Gasteiger partial charge in [0.2, 0.25) is 11.7 Å². The predicted molar refractivity (Wildman–Crippen MR) is 111 cm³/mol. The minimum atomic E-state index is -1.00. The number of primary amides is 1. The Morgan fingerprint density at radius 3 is 2.38 bits per heavy atom. The molecular formula is C21H15N3O4S. The number of amides is 2. The van der Waals surface area contributed by atoms with Crippen LogP contribution in [0.3, 0.4) is 0 Å². The van der Waals surface area contributed by atoms with Crippen LogP contribution in [-0.2, 0) is 0 Å². The highest BCUT2D eigenvalue weighted by Gasteiger charge is 2.28. The third-order valence-corrected chi connectivity index (χ3v) is 5.30. The Morgan fingerprint density at radius 1 is 0.966 bits per heavy atom. The molecule has 0 fully saturated rings. The van der Waals surface area contributed by atoms with Gasteiger partial charge in [-0.1, -0.05) is 36.4 Å². The van der Waals surface area contributed by atoms with Crippen LogP contribution in [-0.4, -0.2) is 27.4 Å².